The van der Waals surface area contributed by atoms with Crippen molar-refractivity contribution in [2.75, 3.05) is 11.9 Å². The monoisotopic (exact) mass is 432 g/mol. The lowest BCUT2D eigenvalue weighted by Gasteiger charge is -2.07. The number of halogens is 2. The van der Waals surface area contributed by atoms with Crippen LogP contribution >= 0.6 is 23.2 Å². The minimum absolute atomic E-state index is 0.0888. The van der Waals surface area contributed by atoms with Gasteiger partial charge in [0.25, 0.3) is 5.91 Å². The quantitative estimate of drug-likeness (QED) is 0.559. The number of furan rings is 1. The van der Waals surface area contributed by atoms with Crippen molar-refractivity contribution in [2.24, 2.45) is 0 Å². The minimum Gasteiger partial charge on any atom is -0.486 e. The third-order valence-electron chi connectivity index (χ3n) is 3.95. The van der Waals surface area contributed by atoms with Gasteiger partial charge < -0.3 is 19.8 Å². The number of benzene rings is 2. The lowest BCUT2D eigenvalue weighted by Crippen LogP contribution is -2.32. The van der Waals surface area contributed by atoms with E-state index < -0.39 is 5.91 Å². The largest absolute Gasteiger partial charge is 0.486 e. The summed E-state index contributed by atoms with van der Waals surface area (Å²) in [4.78, 5) is 24.2. The van der Waals surface area contributed by atoms with Crippen molar-refractivity contribution in [3.63, 3.8) is 0 Å². The van der Waals surface area contributed by atoms with Crippen molar-refractivity contribution in [2.45, 2.75) is 13.5 Å². The summed E-state index contributed by atoms with van der Waals surface area (Å²) >= 11 is 11.9. The highest BCUT2D eigenvalue weighted by Crippen LogP contribution is 2.20. The van der Waals surface area contributed by atoms with Crippen LogP contribution in [0.25, 0.3) is 0 Å². The molecule has 1 aromatic heterocycles. The van der Waals surface area contributed by atoms with Crippen molar-refractivity contribution in [1.29, 1.82) is 0 Å². The molecular formula is C21H18Cl2N2O4. The fraction of sp³-hybridized carbons (Fsp3) is 0.143. The van der Waals surface area contributed by atoms with Gasteiger partial charge in [0.1, 0.15) is 18.1 Å². The first-order chi connectivity index (χ1) is 13.9. The molecular weight excluding hydrogens is 415 g/mol. The molecule has 0 radical (unpaired) electrons. The molecule has 2 N–H and O–H groups in total. The molecule has 3 aromatic rings. The van der Waals surface area contributed by atoms with E-state index in [-0.39, 0.29) is 24.8 Å². The topological polar surface area (TPSA) is 80.6 Å². The lowest BCUT2D eigenvalue weighted by molar-refractivity contribution is -0.115. The molecule has 0 saturated heterocycles. The average molecular weight is 433 g/mol. The van der Waals surface area contributed by atoms with Gasteiger partial charge in [-0.25, -0.2) is 0 Å². The Morgan fingerprint density at radius 1 is 1.03 bits per heavy atom. The van der Waals surface area contributed by atoms with E-state index in [1.54, 1.807) is 48.5 Å². The van der Waals surface area contributed by atoms with Gasteiger partial charge in [0.15, 0.2) is 5.76 Å². The Hall–Kier alpha value is -2.96. The first kappa shape index (κ1) is 20.8. The Morgan fingerprint density at radius 2 is 1.79 bits per heavy atom. The van der Waals surface area contributed by atoms with Gasteiger partial charge in [0, 0.05) is 15.7 Å². The van der Waals surface area contributed by atoms with Crippen molar-refractivity contribution in [3.05, 3.63) is 81.7 Å². The highest BCUT2D eigenvalue weighted by molar-refractivity contribution is 6.31. The van der Waals surface area contributed by atoms with Crippen molar-refractivity contribution < 1.29 is 18.7 Å². The van der Waals surface area contributed by atoms with E-state index in [0.29, 0.717) is 27.2 Å². The van der Waals surface area contributed by atoms with Crippen LogP contribution in [0.5, 0.6) is 5.75 Å². The molecule has 0 saturated carbocycles. The van der Waals surface area contributed by atoms with E-state index in [0.717, 1.165) is 5.56 Å². The summed E-state index contributed by atoms with van der Waals surface area (Å²) in [6, 6.07) is 15.2. The molecule has 6 nitrogen and oxygen atoms in total. The van der Waals surface area contributed by atoms with Gasteiger partial charge in [-0.2, -0.15) is 0 Å². The number of carbonyl (C=O) groups excluding carboxylic acids is 2. The van der Waals surface area contributed by atoms with E-state index >= 15 is 0 Å². The molecule has 0 spiro atoms. The summed E-state index contributed by atoms with van der Waals surface area (Å²) in [5, 5.41) is 6.34. The van der Waals surface area contributed by atoms with Crippen LogP contribution in [0.1, 0.15) is 21.9 Å². The molecule has 3 rings (SSSR count). The molecule has 0 bridgehead atoms. The summed E-state index contributed by atoms with van der Waals surface area (Å²) in [7, 11) is 0. The average Bonchev–Trinajstić information content (AvgIpc) is 3.18. The van der Waals surface area contributed by atoms with Crippen molar-refractivity contribution >= 4 is 40.7 Å². The second-order valence-corrected chi connectivity index (χ2v) is 7.05. The number of ether oxygens (including phenoxy) is 1. The second kappa shape index (κ2) is 9.49. The van der Waals surface area contributed by atoms with Gasteiger partial charge in [-0.05, 0) is 61.0 Å². The number of aryl methyl sites for hydroxylation is 1. The van der Waals surface area contributed by atoms with Crippen molar-refractivity contribution in [3.8, 4) is 5.75 Å². The predicted octanol–water partition coefficient (Wildman–Crippen LogP) is 4.84. The predicted molar refractivity (Wildman–Crippen MR) is 112 cm³/mol. The third-order valence-corrected chi connectivity index (χ3v) is 4.60. The van der Waals surface area contributed by atoms with E-state index in [4.69, 9.17) is 32.4 Å². The lowest BCUT2D eigenvalue weighted by atomic mass is 10.2. The summed E-state index contributed by atoms with van der Waals surface area (Å²) in [6.45, 7) is 1.82. The van der Waals surface area contributed by atoms with Crippen LogP contribution in [0.15, 0.2) is 59.0 Å². The fourth-order valence-corrected chi connectivity index (χ4v) is 2.69. The summed E-state index contributed by atoms with van der Waals surface area (Å²) in [5.41, 5.74) is 1.46. The smallest absolute Gasteiger partial charge is 0.287 e. The highest BCUT2D eigenvalue weighted by Gasteiger charge is 2.13. The minimum atomic E-state index is -0.500. The zero-order valence-electron chi connectivity index (χ0n) is 15.5. The molecule has 8 heteroatoms. The van der Waals surface area contributed by atoms with Gasteiger partial charge in [-0.3, -0.25) is 9.59 Å². The normalized spacial score (nSPS) is 10.4. The first-order valence-electron chi connectivity index (χ1n) is 8.72. The second-order valence-electron chi connectivity index (χ2n) is 6.20. The van der Waals surface area contributed by atoms with Crippen molar-refractivity contribution in [1.82, 2.24) is 5.32 Å². The SMILES string of the molecule is Cc1ccc(NC(=O)CNC(=O)c2ccc(COc3ccc(Cl)cc3)o2)cc1Cl. The summed E-state index contributed by atoms with van der Waals surface area (Å²) in [6.07, 6.45) is 0. The Kier molecular flexibility index (Phi) is 6.80. The Labute approximate surface area is 177 Å². The van der Waals surface area contributed by atoms with Crippen LogP contribution < -0.4 is 15.4 Å². The number of nitrogens with one attached hydrogen (secondary N) is 2. The zero-order chi connectivity index (χ0) is 20.8. The number of carbonyl (C=O) groups is 2. The maximum absolute atomic E-state index is 12.2. The summed E-state index contributed by atoms with van der Waals surface area (Å²) < 4.78 is 11.0. The number of anilines is 1. The molecule has 0 fully saturated rings. The Morgan fingerprint density at radius 3 is 2.52 bits per heavy atom. The number of hydrogen-bond acceptors (Lipinski definition) is 4. The molecule has 0 unspecified atom stereocenters. The Bertz CT molecular complexity index is 1020. The first-order valence-corrected chi connectivity index (χ1v) is 9.47. The Balaban J connectivity index is 1.47. The number of rotatable bonds is 7. The number of hydrogen-bond donors (Lipinski definition) is 2. The van der Waals surface area contributed by atoms with E-state index in [1.165, 1.54) is 6.07 Å². The van der Waals surface area contributed by atoms with Gasteiger partial charge in [0.2, 0.25) is 5.91 Å². The molecule has 2 amide bonds. The van der Waals surface area contributed by atoms with Crippen LogP contribution in [0, 0.1) is 6.92 Å². The van der Waals surface area contributed by atoms with E-state index in [9.17, 15) is 9.59 Å². The standard InChI is InChI=1S/C21H18Cl2N2O4/c1-13-2-5-15(10-18(13)23)25-20(26)11-24-21(27)19-9-8-17(29-19)12-28-16-6-3-14(22)4-7-16/h2-10H,11-12H2,1H3,(H,24,27)(H,25,26). The van der Waals surface area contributed by atoms with Gasteiger partial charge in [0.05, 0.1) is 6.54 Å². The molecule has 0 aliphatic heterocycles. The third kappa shape index (κ3) is 6.01. The summed E-state index contributed by atoms with van der Waals surface area (Å²) in [5.74, 6) is 0.315. The van der Waals surface area contributed by atoms with Crippen LogP contribution in [0.4, 0.5) is 5.69 Å². The molecule has 1 heterocycles. The van der Waals surface area contributed by atoms with Crippen LogP contribution in [0.3, 0.4) is 0 Å². The van der Waals surface area contributed by atoms with E-state index in [2.05, 4.69) is 10.6 Å². The molecule has 29 heavy (non-hydrogen) atoms. The fourth-order valence-electron chi connectivity index (χ4n) is 2.39. The highest BCUT2D eigenvalue weighted by atomic mass is 35.5. The molecule has 2 aromatic carbocycles. The molecule has 150 valence electrons. The van der Waals surface area contributed by atoms with Crippen LogP contribution in [0.2, 0.25) is 10.0 Å². The number of amides is 2. The van der Waals surface area contributed by atoms with Gasteiger partial charge in [-0.1, -0.05) is 29.3 Å². The van der Waals surface area contributed by atoms with Gasteiger partial charge in [-0.15, -0.1) is 0 Å². The van der Waals surface area contributed by atoms with Crippen LogP contribution in [-0.4, -0.2) is 18.4 Å². The molecule has 0 atom stereocenters. The maximum Gasteiger partial charge on any atom is 0.287 e. The maximum atomic E-state index is 12.2. The molecule has 0 aliphatic rings. The van der Waals surface area contributed by atoms with Crippen LogP contribution in [-0.2, 0) is 11.4 Å². The zero-order valence-corrected chi connectivity index (χ0v) is 17.0. The van der Waals surface area contributed by atoms with E-state index in [1.807, 2.05) is 6.92 Å². The van der Waals surface area contributed by atoms with Gasteiger partial charge >= 0.3 is 0 Å². The molecule has 0 aliphatic carbocycles.